The standard InChI is InChI=1S/C30H29FN2O3/c1-2-32-30(35)27(19-22-11-4-3-5-12-22)33(20-24-14-7-9-17-26(24)31)29(34)21-36-28-18-10-15-23-13-6-8-16-25(23)28/h3-18,27H,2,19-21H2,1H3,(H,32,35)/t27-/m1/s1. The van der Waals surface area contributed by atoms with E-state index in [-0.39, 0.29) is 19.1 Å². The van der Waals surface area contributed by atoms with E-state index in [9.17, 15) is 14.0 Å². The van der Waals surface area contributed by atoms with Gasteiger partial charge in [0.25, 0.3) is 5.91 Å². The molecular formula is C30H29FN2O3. The minimum atomic E-state index is -0.837. The van der Waals surface area contributed by atoms with E-state index in [0.717, 1.165) is 16.3 Å². The van der Waals surface area contributed by atoms with Gasteiger partial charge in [0.15, 0.2) is 6.61 Å². The van der Waals surface area contributed by atoms with Crippen molar-refractivity contribution in [1.82, 2.24) is 10.2 Å². The Morgan fingerprint density at radius 2 is 1.58 bits per heavy atom. The number of benzene rings is 4. The Balaban J connectivity index is 1.64. The number of likely N-dealkylation sites (N-methyl/N-ethyl adjacent to an activating group) is 1. The zero-order chi connectivity index (χ0) is 25.3. The second kappa shape index (κ2) is 12.0. The Labute approximate surface area is 210 Å². The molecule has 6 heteroatoms. The predicted molar refractivity (Wildman–Crippen MR) is 139 cm³/mol. The smallest absolute Gasteiger partial charge is 0.261 e. The van der Waals surface area contributed by atoms with Crippen LogP contribution in [0.1, 0.15) is 18.1 Å². The summed E-state index contributed by atoms with van der Waals surface area (Å²) in [6.07, 6.45) is 0.293. The Kier molecular flexibility index (Phi) is 8.29. The first kappa shape index (κ1) is 24.9. The molecule has 0 unspecified atom stereocenters. The van der Waals surface area contributed by atoms with Crippen molar-refractivity contribution in [2.45, 2.75) is 25.9 Å². The number of hydrogen-bond acceptors (Lipinski definition) is 3. The molecule has 0 aromatic heterocycles. The third-order valence-corrected chi connectivity index (χ3v) is 6.02. The molecule has 0 spiro atoms. The van der Waals surface area contributed by atoms with Crippen LogP contribution in [0.15, 0.2) is 97.1 Å². The molecule has 0 heterocycles. The van der Waals surface area contributed by atoms with E-state index in [1.165, 1.54) is 11.0 Å². The number of ether oxygens (including phenoxy) is 1. The van der Waals surface area contributed by atoms with Gasteiger partial charge in [-0.25, -0.2) is 4.39 Å². The third-order valence-electron chi connectivity index (χ3n) is 6.02. The zero-order valence-corrected chi connectivity index (χ0v) is 20.2. The van der Waals surface area contributed by atoms with Crippen molar-refractivity contribution in [2.24, 2.45) is 0 Å². The molecule has 1 atom stereocenters. The van der Waals surface area contributed by atoms with Crippen LogP contribution in [0.3, 0.4) is 0 Å². The van der Waals surface area contributed by atoms with Gasteiger partial charge in [-0.15, -0.1) is 0 Å². The number of carbonyl (C=O) groups is 2. The van der Waals surface area contributed by atoms with E-state index >= 15 is 0 Å². The Hall–Kier alpha value is -4.19. The first-order valence-electron chi connectivity index (χ1n) is 12.0. The number of rotatable bonds is 10. The van der Waals surface area contributed by atoms with E-state index in [1.807, 2.05) is 79.7 Å². The number of nitrogens with one attached hydrogen (secondary N) is 1. The number of carbonyl (C=O) groups excluding carboxylic acids is 2. The summed E-state index contributed by atoms with van der Waals surface area (Å²) in [7, 11) is 0. The summed E-state index contributed by atoms with van der Waals surface area (Å²) >= 11 is 0. The number of halogens is 1. The molecule has 5 nitrogen and oxygen atoms in total. The number of fused-ring (bicyclic) bond motifs is 1. The second-order valence-electron chi connectivity index (χ2n) is 8.48. The average molecular weight is 485 g/mol. The minimum absolute atomic E-state index is 0.0565. The lowest BCUT2D eigenvalue weighted by atomic mass is 10.0. The molecule has 36 heavy (non-hydrogen) atoms. The van der Waals surface area contributed by atoms with Gasteiger partial charge in [-0.2, -0.15) is 0 Å². The van der Waals surface area contributed by atoms with Crippen LogP contribution in [0.5, 0.6) is 5.75 Å². The van der Waals surface area contributed by atoms with Gasteiger partial charge in [-0.1, -0.05) is 84.9 Å². The van der Waals surface area contributed by atoms with Crippen LogP contribution in [0.4, 0.5) is 4.39 Å². The molecule has 0 radical (unpaired) electrons. The topological polar surface area (TPSA) is 58.6 Å². The van der Waals surface area contributed by atoms with E-state index in [0.29, 0.717) is 24.3 Å². The van der Waals surface area contributed by atoms with Crippen molar-refractivity contribution >= 4 is 22.6 Å². The van der Waals surface area contributed by atoms with Crippen LogP contribution in [-0.4, -0.2) is 35.9 Å². The van der Waals surface area contributed by atoms with Crippen LogP contribution >= 0.6 is 0 Å². The molecule has 2 amide bonds. The van der Waals surface area contributed by atoms with E-state index in [2.05, 4.69) is 5.32 Å². The molecule has 184 valence electrons. The van der Waals surface area contributed by atoms with Crippen molar-refractivity contribution in [2.75, 3.05) is 13.2 Å². The van der Waals surface area contributed by atoms with Crippen LogP contribution in [0.25, 0.3) is 10.8 Å². The zero-order valence-electron chi connectivity index (χ0n) is 20.2. The van der Waals surface area contributed by atoms with Gasteiger partial charge in [-0.05, 0) is 30.0 Å². The lowest BCUT2D eigenvalue weighted by Gasteiger charge is -2.31. The maximum atomic E-state index is 14.6. The lowest BCUT2D eigenvalue weighted by molar-refractivity contribution is -0.142. The summed E-state index contributed by atoms with van der Waals surface area (Å²) < 4.78 is 20.6. The monoisotopic (exact) mass is 484 g/mol. The molecule has 1 N–H and O–H groups in total. The number of nitrogens with zero attached hydrogens (tertiary/aromatic N) is 1. The SMILES string of the molecule is CCNC(=O)[C@@H](Cc1ccccc1)N(Cc1ccccc1F)C(=O)COc1cccc2ccccc12. The molecule has 4 rings (SSSR count). The molecule has 0 saturated carbocycles. The summed E-state index contributed by atoms with van der Waals surface area (Å²) in [6, 6.07) is 28.3. The minimum Gasteiger partial charge on any atom is -0.483 e. The fourth-order valence-electron chi connectivity index (χ4n) is 4.20. The Morgan fingerprint density at radius 1 is 0.889 bits per heavy atom. The fourth-order valence-corrected chi connectivity index (χ4v) is 4.20. The molecule has 0 aliphatic carbocycles. The first-order chi connectivity index (χ1) is 17.6. The highest BCUT2D eigenvalue weighted by molar-refractivity contribution is 5.90. The van der Waals surface area contributed by atoms with Gasteiger partial charge >= 0.3 is 0 Å². The fraction of sp³-hybridized carbons (Fsp3) is 0.200. The van der Waals surface area contributed by atoms with E-state index in [1.54, 1.807) is 18.2 Å². The van der Waals surface area contributed by atoms with Crippen LogP contribution in [-0.2, 0) is 22.6 Å². The molecule has 0 aliphatic rings. The molecule has 0 saturated heterocycles. The molecule has 4 aromatic carbocycles. The van der Waals surface area contributed by atoms with Gasteiger partial charge in [0, 0.05) is 30.5 Å². The second-order valence-corrected chi connectivity index (χ2v) is 8.48. The van der Waals surface area contributed by atoms with Gasteiger partial charge < -0.3 is 15.0 Å². The molecule has 0 fully saturated rings. The van der Waals surface area contributed by atoms with Crippen molar-refractivity contribution in [3.05, 3.63) is 114 Å². The maximum Gasteiger partial charge on any atom is 0.261 e. The van der Waals surface area contributed by atoms with E-state index < -0.39 is 17.8 Å². The molecule has 4 aromatic rings. The van der Waals surface area contributed by atoms with Gasteiger partial charge in [-0.3, -0.25) is 9.59 Å². The maximum absolute atomic E-state index is 14.6. The first-order valence-corrected chi connectivity index (χ1v) is 12.0. The van der Waals surface area contributed by atoms with Crippen molar-refractivity contribution in [3.8, 4) is 5.75 Å². The van der Waals surface area contributed by atoms with Crippen molar-refractivity contribution in [1.29, 1.82) is 0 Å². The van der Waals surface area contributed by atoms with Gasteiger partial charge in [0.05, 0.1) is 0 Å². The summed E-state index contributed by atoms with van der Waals surface area (Å²) in [5.41, 5.74) is 1.23. The van der Waals surface area contributed by atoms with Crippen molar-refractivity contribution in [3.63, 3.8) is 0 Å². The lowest BCUT2D eigenvalue weighted by Crippen LogP contribution is -2.51. The van der Waals surface area contributed by atoms with Gasteiger partial charge in [0.2, 0.25) is 5.91 Å². The summed E-state index contributed by atoms with van der Waals surface area (Å²) in [6.45, 7) is 1.90. The van der Waals surface area contributed by atoms with Gasteiger partial charge in [0.1, 0.15) is 17.6 Å². The highest BCUT2D eigenvalue weighted by atomic mass is 19.1. The Bertz CT molecular complexity index is 1320. The van der Waals surface area contributed by atoms with Crippen LogP contribution in [0, 0.1) is 5.82 Å². The molecular weight excluding hydrogens is 455 g/mol. The predicted octanol–water partition coefficient (Wildman–Crippen LogP) is 5.13. The normalized spacial score (nSPS) is 11.6. The Morgan fingerprint density at radius 3 is 2.36 bits per heavy atom. The van der Waals surface area contributed by atoms with Crippen LogP contribution in [0.2, 0.25) is 0 Å². The quantitative estimate of drug-likeness (QED) is 0.339. The highest BCUT2D eigenvalue weighted by Gasteiger charge is 2.31. The van der Waals surface area contributed by atoms with E-state index in [4.69, 9.17) is 4.74 Å². The van der Waals surface area contributed by atoms with Crippen molar-refractivity contribution < 1.29 is 18.7 Å². The largest absolute Gasteiger partial charge is 0.483 e. The average Bonchev–Trinajstić information content (AvgIpc) is 2.91. The molecule has 0 aliphatic heterocycles. The molecule has 0 bridgehead atoms. The third kappa shape index (κ3) is 6.08. The summed E-state index contributed by atoms with van der Waals surface area (Å²) in [5, 5.41) is 4.71. The highest BCUT2D eigenvalue weighted by Crippen LogP contribution is 2.25. The summed E-state index contributed by atoms with van der Waals surface area (Å²) in [5.74, 6) is -0.556. The number of hydrogen-bond donors (Lipinski definition) is 1. The summed E-state index contributed by atoms with van der Waals surface area (Å²) in [4.78, 5) is 28.2. The number of amides is 2. The van der Waals surface area contributed by atoms with Crippen LogP contribution < -0.4 is 10.1 Å².